The summed E-state index contributed by atoms with van der Waals surface area (Å²) in [7, 11) is 1.46. The molecule has 0 aliphatic carbocycles. The Labute approximate surface area is 165 Å². The molecular formula is C20H18FN5O3. The number of carbonyl (C=O) groups excluding carboxylic acids is 1. The molecular weight excluding hydrogens is 377 g/mol. The average Bonchev–Trinajstić information content (AvgIpc) is 3.20. The molecule has 4 N–H and O–H groups in total. The van der Waals surface area contributed by atoms with E-state index in [0.29, 0.717) is 35.4 Å². The largest absolute Gasteiger partial charge is 0.497 e. The van der Waals surface area contributed by atoms with Crippen LogP contribution in [0.4, 0.5) is 32.1 Å². The molecule has 0 fully saturated rings. The Bertz CT molecular complexity index is 1060. The summed E-state index contributed by atoms with van der Waals surface area (Å²) < 4.78 is 24.2. The number of furan rings is 1. The van der Waals surface area contributed by atoms with Crippen molar-refractivity contribution in [2.24, 2.45) is 0 Å². The molecule has 0 bridgehead atoms. The van der Waals surface area contributed by atoms with Crippen LogP contribution in [-0.4, -0.2) is 25.6 Å². The minimum atomic E-state index is -0.583. The van der Waals surface area contributed by atoms with E-state index in [2.05, 4.69) is 16.0 Å². The zero-order valence-corrected chi connectivity index (χ0v) is 15.5. The lowest BCUT2D eigenvalue weighted by atomic mass is 10.2. The third kappa shape index (κ3) is 3.70. The molecule has 2 amide bonds. The number of carbonyl (C=O) groups is 1. The number of hydrogen-bond donors (Lipinski definition) is 4. The van der Waals surface area contributed by atoms with E-state index in [1.165, 1.54) is 31.6 Å². The number of amides is 2. The summed E-state index contributed by atoms with van der Waals surface area (Å²) in [6.07, 6.45) is 1.53. The van der Waals surface area contributed by atoms with Gasteiger partial charge in [0.05, 0.1) is 31.3 Å². The predicted octanol–water partition coefficient (Wildman–Crippen LogP) is 4.29. The number of nitrogens with one attached hydrogen (secondary N) is 4. The van der Waals surface area contributed by atoms with Gasteiger partial charge >= 0.3 is 6.03 Å². The molecule has 2 heterocycles. The molecule has 1 aliphatic heterocycles. The molecule has 0 spiro atoms. The molecule has 1 aromatic heterocycles. The van der Waals surface area contributed by atoms with Crippen molar-refractivity contribution in [3.05, 3.63) is 66.2 Å². The monoisotopic (exact) mass is 395 g/mol. The van der Waals surface area contributed by atoms with Crippen LogP contribution in [0.2, 0.25) is 0 Å². The number of anilines is 4. The fourth-order valence-corrected chi connectivity index (χ4v) is 2.96. The molecule has 2 aromatic carbocycles. The van der Waals surface area contributed by atoms with Gasteiger partial charge in [-0.15, -0.1) is 0 Å². The maximum Gasteiger partial charge on any atom is 0.323 e. The van der Waals surface area contributed by atoms with Gasteiger partial charge in [0.2, 0.25) is 5.88 Å². The first-order valence-corrected chi connectivity index (χ1v) is 8.74. The molecule has 0 saturated heterocycles. The second-order valence-corrected chi connectivity index (χ2v) is 6.25. The van der Waals surface area contributed by atoms with Gasteiger partial charge in [-0.2, -0.15) is 0 Å². The Hall–Kier alpha value is -4.01. The van der Waals surface area contributed by atoms with Crippen molar-refractivity contribution in [2.75, 3.05) is 34.6 Å². The van der Waals surface area contributed by atoms with Crippen LogP contribution < -0.4 is 25.6 Å². The maximum absolute atomic E-state index is 13.8. The Balaban J connectivity index is 1.42. The van der Waals surface area contributed by atoms with E-state index < -0.39 is 11.8 Å². The predicted molar refractivity (Wildman–Crippen MR) is 109 cm³/mol. The highest BCUT2D eigenvalue weighted by Gasteiger charge is 2.24. The number of rotatable bonds is 4. The fourth-order valence-electron chi connectivity index (χ4n) is 2.96. The zero-order valence-electron chi connectivity index (χ0n) is 15.5. The van der Waals surface area contributed by atoms with Crippen molar-refractivity contribution in [2.45, 2.75) is 0 Å². The molecule has 0 atom stereocenters. The average molecular weight is 395 g/mol. The van der Waals surface area contributed by atoms with Crippen molar-refractivity contribution in [3.63, 3.8) is 0 Å². The molecule has 8 nitrogen and oxygen atoms in total. The smallest absolute Gasteiger partial charge is 0.323 e. The van der Waals surface area contributed by atoms with E-state index in [9.17, 15) is 9.18 Å². The Morgan fingerprint density at radius 3 is 2.76 bits per heavy atom. The number of ether oxygens (including phenoxy) is 1. The second-order valence-electron chi connectivity index (χ2n) is 6.25. The van der Waals surface area contributed by atoms with Crippen LogP contribution in [0.3, 0.4) is 0 Å². The standard InChI is InChI=1S/C20H18FN5O3/c1-28-14-6-7-16(21)17(10-14)25-20(27)24-12-2-4-13(5-3-12)26-11-23-19-15(18(26)22)8-9-29-19/h2-10,22-23H,11H2,1H3,(H2,24,25,27). The van der Waals surface area contributed by atoms with Crippen LogP contribution in [0.15, 0.2) is 59.2 Å². The van der Waals surface area contributed by atoms with Crippen LogP contribution >= 0.6 is 0 Å². The first kappa shape index (κ1) is 18.4. The van der Waals surface area contributed by atoms with Crippen LogP contribution in [0, 0.1) is 11.2 Å². The topological polar surface area (TPSA) is 103 Å². The van der Waals surface area contributed by atoms with Crippen molar-refractivity contribution >= 4 is 34.8 Å². The van der Waals surface area contributed by atoms with E-state index in [1.807, 2.05) is 0 Å². The van der Waals surface area contributed by atoms with Gasteiger partial charge in [0.25, 0.3) is 0 Å². The first-order valence-electron chi connectivity index (χ1n) is 8.74. The summed E-state index contributed by atoms with van der Waals surface area (Å²) in [5.41, 5.74) is 1.99. The Morgan fingerprint density at radius 2 is 2.00 bits per heavy atom. The van der Waals surface area contributed by atoms with Crippen LogP contribution in [-0.2, 0) is 0 Å². The summed E-state index contributed by atoms with van der Waals surface area (Å²) in [6, 6.07) is 12.2. The molecule has 0 radical (unpaired) electrons. The third-order valence-corrected chi connectivity index (χ3v) is 4.45. The molecule has 148 valence electrons. The minimum Gasteiger partial charge on any atom is -0.497 e. The van der Waals surface area contributed by atoms with E-state index in [-0.39, 0.29) is 5.69 Å². The van der Waals surface area contributed by atoms with E-state index in [1.54, 1.807) is 35.2 Å². The molecule has 0 unspecified atom stereocenters. The van der Waals surface area contributed by atoms with Crippen LogP contribution in [0.5, 0.6) is 5.75 Å². The van der Waals surface area contributed by atoms with Gasteiger partial charge in [-0.25, -0.2) is 9.18 Å². The number of benzene rings is 2. The van der Waals surface area contributed by atoms with Crippen molar-refractivity contribution in [3.8, 4) is 5.75 Å². The van der Waals surface area contributed by atoms with E-state index in [0.717, 1.165) is 5.69 Å². The highest BCUT2D eigenvalue weighted by molar-refractivity contribution is 6.12. The van der Waals surface area contributed by atoms with Crippen LogP contribution in [0.25, 0.3) is 0 Å². The van der Waals surface area contributed by atoms with Gasteiger partial charge in [0.1, 0.15) is 17.4 Å². The lowest BCUT2D eigenvalue weighted by molar-refractivity contribution is 0.262. The van der Waals surface area contributed by atoms with Crippen LogP contribution in [0.1, 0.15) is 5.56 Å². The number of nitrogens with zero attached hydrogens (tertiary/aromatic N) is 1. The first-order chi connectivity index (χ1) is 14.0. The SMILES string of the molecule is COc1ccc(F)c(NC(=O)Nc2ccc(N3CNc4occc4C3=N)cc2)c1. The van der Waals surface area contributed by atoms with Gasteiger partial charge < -0.3 is 30.0 Å². The summed E-state index contributed by atoms with van der Waals surface area (Å²) >= 11 is 0. The Morgan fingerprint density at radius 1 is 1.21 bits per heavy atom. The minimum absolute atomic E-state index is 0.0159. The second kappa shape index (κ2) is 7.55. The zero-order chi connectivity index (χ0) is 20.4. The van der Waals surface area contributed by atoms with Gasteiger partial charge in [-0.1, -0.05) is 0 Å². The molecule has 29 heavy (non-hydrogen) atoms. The number of urea groups is 1. The van der Waals surface area contributed by atoms with Crippen molar-refractivity contribution in [1.29, 1.82) is 5.41 Å². The molecule has 9 heteroatoms. The third-order valence-electron chi connectivity index (χ3n) is 4.45. The number of fused-ring (bicyclic) bond motifs is 1. The summed E-state index contributed by atoms with van der Waals surface area (Å²) in [6.45, 7) is 0.391. The van der Waals surface area contributed by atoms with E-state index >= 15 is 0 Å². The van der Waals surface area contributed by atoms with Gasteiger partial charge in [-0.05, 0) is 42.5 Å². The number of amidine groups is 1. The molecule has 1 aliphatic rings. The Kier molecular flexibility index (Phi) is 4.78. The normalized spacial score (nSPS) is 12.8. The van der Waals surface area contributed by atoms with Gasteiger partial charge in [0.15, 0.2) is 0 Å². The lowest BCUT2D eigenvalue weighted by Crippen LogP contribution is -2.39. The summed E-state index contributed by atoms with van der Waals surface area (Å²) in [4.78, 5) is 14.0. The number of hydrogen-bond acceptors (Lipinski definition) is 5. The van der Waals surface area contributed by atoms with Gasteiger partial charge in [0, 0.05) is 17.4 Å². The number of methoxy groups -OCH3 is 1. The highest BCUT2D eigenvalue weighted by Crippen LogP contribution is 2.28. The van der Waals surface area contributed by atoms with Crippen molar-refractivity contribution < 1.29 is 18.3 Å². The van der Waals surface area contributed by atoms with E-state index in [4.69, 9.17) is 14.6 Å². The molecule has 0 saturated carbocycles. The van der Waals surface area contributed by atoms with Crippen molar-refractivity contribution in [1.82, 2.24) is 0 Å². The maximum atomic E-state index is 13.8. The van der Waals surface area contributed by atoms with Gasteiger partial charge in [-0.3, -0.25) is 5.41 Å². The summed E-state index contributed by atoms with van der Waals surface area (Å²) in [5.74, 6) is 0.765. The number of halogens is 1. The molecule has 3 aromatic rings. The fraction of sp³-hybridized carbons (Fsp3) is 0.100. The molecule has 4 rings (SSSR count). The quantitative estimate of drug-likeness (QED) is 0.528. The summed E-state index contributed by atoms with van der Waals surface area (Å²) in [5, 5.41) is 16.5. The lowest BCUT2D eigenvalue weighted by Gasteiger charge is -2.29. The highest BCUT2D eigenvalue weighted by atomic mass is 19.1.